The number of anilines is 1. The first kappa shape index (κ1) is 18.1. The molecule has 0 fully saturated rings. The molecule has 0 unspecified atom stereocenters. The van der Waals surface area contributed by atoms with Crippen LogP contribution in [0.25, 0.3) is 16.7 Å². The molecular formula is C19H18N6O2S. The number of rotatable bonds is 7. The Hall–Kier alpha value is -3.30. The summed E-state index contributed by atoms with van der Waals surface area (Å²) in [6.07, 6.45) is 5.35. The van der Waals surface area contributed by atoms with E-state index in [0.717, 1.165) is 5.39 Å². The van der Waals surface area contributed by atoms with Gasteiger partial charge in [-0.05, 0) is 36.4 Å². The van der Waals surface area contributed by atoms with E-state index >= 15 is 0 Å². The maximum atomic E-state index is 12.6. The first-order chi connectivity index (χ1) is 13.6. The first-order valence-corrected chi connectivity index (χ1v) is 10.2. The van der Waals surface area contributed by atoms with Crippen LogP contribution in [-0.4, -0.2) is 41.3 Å². The Morgan fingerprint density at radius 2 is 1.71 bits per heavy atom. The molecule has 9 heteroatoms. The Morgan fingerprint density at radius 1 is 0.893 bits per heavy atom. The van der Waals surface area contributed by atoms with E-state index in [1.54, 1.807) is 30.5 Å². The average Bonchev–Trinajstić information content (AvgIpc) is 3.26. The van der Waals surface area contributed by atoms with Crippen LogP contribution in [0.4, 0.5) is 5.82 Å². The Bertz CT molecular complexity index is 1170. The zero-order valence-corrected chi connectivity index (χ0v) is 15.7. The smallest absolute Gasteiger partial charge is 0.242 e. The minimum Gasteiger partial charge on any atom is -0.367 e. The zero-order chi connectivity index (χ0) is 19.4. The van der Waals surface area contributed by atoms with Crippen LogP contribution in [0.15, 0.2) is 78.1 Å². The number of para-hydroxylation sites is 1. The van der Waals surface area contributed by atoms with E-state index in [0.29, 0.717) is 23.7 Å². The van der Waals surface area contributed by atoms with Crippen LogP contribution in [0.5, 0.6) is 0 Å². The number of hydrogen-bond acceptors (Lipinski definition) is 6. The van der Waals surface area contributed by atoms with Crippen molar-refractivity contribution in [3.05, 3.63) is 73.2 Å². The van der Waals surface area contributed by atoms with Crippen molar-refractivity contribution in [3.63, 3.8) is 0 Å². The molecule has 0 saturated carbocycles. The molecule has 0 aliphatic rings. The molecule has 0 atom stereocenters. The molecule has 1 aromatic carbocycles. The molecule has 8 nitrogen and oxygen atoms in total. The quantitative estimate of drug-likeness (QED) is 0.466. The molecule has 0 aliphatic carbocycles. The van der Waals surface area contributed by atoms with E-state index in [1.165, 1.54) is 0 Å². The fourth-order valence-corrected chi connectivity index (χ4v) is 4.00. The van der Waals surface area contributed by atoms with Crippen LogP contribution in [-0.2, 0) is 10.0 Å². The highest BCUT2D eigenvalue weighted by molar-refractivity contribution is 7.89. The van der Waals surface area contributed by atoms with Crippen LogP contribution in [0, 0.1) is 0 Å². The average molecular weight is 394 g/mol. The fraction of sp³-hybridized carbons (Fsp3) is 0.105. The standard InChI is InChI=1S/C19H18N6O2S/c26-28(27,16-7-3-5-15-6-4-10-21-19(15)16)22-12-11-20-17-8-9-18(24-23-17)25-13-1-2-14-25/h1-10,13-14,22H,11-12H2,(H,20,23). The molecule has 0 aliphatic heterocycles. The van der Waals surface area contributed by atoms with Gasteiger partial charge in [0.25, 0.3) is 0 Å². The highest BCUT2D eigenvalue weighted by Crippen LogP contribution is 2.20. The molecule has 0 radical (unpaired) electrons. The van der Waals surface area contributed by atoms with E-state index in [4.69, 9.17) is 0 Å². The van der Waals surface area contributed by atoms with Gasteiger partial charge in [-0.1, -0.05) is 18.2 Å². The summed E-state index contributed by atoms with van der Waals surface area (Å²) in [5.41, 5.74) is 0.455. The molecule has 28 heavy (non-hydrogen) atoms. The molecule has 3 aromatic heterocycles. The second-order valence-electron chi connectivity index (χ2n) is 6.02. The second-order valence-corrected chi connectivity index (χ2v) is 7.76. The van der Waals surface area contributed by atoms with Crippen molar-refractivity contribution in [3.8, 4) is 5.82 Å². The third-order valence-corrected chi connectivity index (χ3v) is 5.62. The van der Waals surface area contributed by atoms with Crippen molar-refractivity contribution < 1.29 is 8.42 Å². The lowest BCUT2D eigenvalue weighted by atomic mass is 10.2. The van der Waals surface area contributed by atoms with Gasteiger partial charge in [-0.15, -0.1) is 10.2 Å². The molecule has 3 heterocycles. The predicted molar refractivity (Wildman–Crippen MR) is 107 cm³/mol. The number of nitrogens with zero attached hydrogens (tertiary/aromatic N) is 4. The van der Waals surface area contributed by atoms with Gasteiger partial charge in [0.2, 0.25) is 10.0 Å². The van der Waals surface area contributed by atoms with Crippen LogP contribution in [0.1, 0.15) is 0 Å². The minimum absolute atomic E-state index is 0.168. The van der Waals surface area contributed by atoms with Gasteiger partial charge in [0.05, 0.1) is 5.52 Å². The summed E-state index contributed by atoms with van der Waals surface area (Å²) in [7, 11) is -3.67. The van der Waals surface area contributed by atoms with E-state index in [-0.39, 0.29) is 11.4 Å². The van der Waals surface area contributed by atoms with E-state index < -0.39 is 10.0 Å². The summed E-state index contributed by atoms with van der Waals surface area (Å²) in [6, 6.07) is 16.1. The lowest BCUT2D eigenvalue weighted by Gasteiger charge is -2.10. The Labute approximate surface area is 162 Å². The SMILES string of the molecule is O=S(=O)(NCCNc1ccc(-n2cccc2)nn1)c1cccc2cccnc12. The maximum absolute atomic E-state index is 12.6. The molecule has 0 spiro atoms. The van der Waals surface area contributed by atoms with Crippen LogP contribution >= 0.6 is 0 Å². The molecule has 142 valence electrons. The van der Waals surface area contributed by atoms with Crippen molar-refractivity contribution in [1.29, 1.82) is 0 Å². The molecule has 0 saturated heterocycles. The molecule has 4 rings (SSSR count). The number of pyridine rings is 1. The summed E-state index contributed by atoms with van der Waals surface area (Å²) < 4.78 is 29.7. The van der Waals surface area contributed by atoms with Crippen molar-refractivity contribution in [2.24, 2.45) is 0 Å². The number of benzene rings is 1. The molecule has 2 N–H and O–H groups in total. The van der Waals surface area contributed by atoms with E-state index in [1.807, 2.05) is 47.3 Å². The predicted octanol–water partition coefficient (Wildman–Crippen LogP) is 2.21. The zero-order valence-electron chi connectivity index (χ0n) is 14.9. The minimum atomic E-state index is -3.67. The number of nitrogens with one attached hydrogen (secondary N) is 2. The molecule has 0 amide bonds. The third-order valence-electron chi connectivity index (χ3n) is 4.13. The largest absolute Gasteiger partial charge is 0.367 e. The van der Waals surface area contributed by atoms with Gasteiger partial charge in [-0.2, -0.15) is 0 Å². The van der Waals surface area contributed by atoms with Gasteiger partial charge in [0.1, 0.15) is 10.7 Å². The summed E-state index contributed by atoms with van der Waals surface area (Å²) >= 11 is 0. The highest BCUT2D eigenvalue weighted by Gasteiger charge is 2.17. The van der Waals surface area contributed by atoms with Crippen LogP contribution in [0.2, 0.25) is 0 Å². The van der Waals surface area contributed by atoms with Crippen LogP contribution in [0.3, 0.4) is 0 Å². The summed E-state index contributed by atoms with van der Waals surface area (Å²) in [4.78, 5) is 4.37. The van der Waals surface area contributed by atoms with Crippen molar-refractivity contribution in [1.82, 2.24) is 24.5 Å². The normalized spacial score (nSPS) is 11.6. The molecule has 4 aromatic rings. The van der Waals surface area contributed by atoms with Crippen molar-refractivity contribution in [2.75, 3.05) is 18.4 Å². The lowest BCUT2D eigenvalue weighted by molar-refractivity contribution is 0.583. The van der Waals surface area contributed by atoms with Gasteiger partial charge in [0, 0.05) is 37.1 Å². The van der Waals surface area contributed by atoms with Crippen LogP contribution < -0.4 is 10.0 Å². The van der Waals surface area contributed by atoms with Gasteiger partial charge in [-0.3, -0.25) is 4.98 Å². The van der Waals surface area contributed by atoms with Gasteiger partial charge < -0.3 is 9.88 Å². The van der Waals surface area contributed by atoms with Gasteiger partial charge >= 0.3 is 0 Å². The molecule has 0 bridgehead atoms. The lowest BCUT2D eigenvalue weighted by Crippen LogP contribution is -2.29. The fourth-order valence-electron chi connectivity index (χ4n) is 2.79. The summed E-state index contributed by atoms with van der Waals surface area (Å²) in [5, 5.41) is 12.1. The third kappa shape index (κ3) is 3.85. The summed E-state index contributed by atoms with van der Waals surface area (Å²) in [6.45, 7) is 0.571. The second kappa shape index (κ2) is 7.75. The first-order valence-electron chi connectivity index (χ1n) is 8.68. The Kier molecular flexibility index (Phi) is 5.00. The number of sulfonamides is 1. The van der Waals surface area contributed by atoms with E-state index in [9.17, 15) is 8.42 Å². The van der Waals surface area contributed by atoms with Crippen molar-refractivity contribution in [2.45, 2.75) is 4.90 Å². The maximum Gasteiger partial charge on any atom is 0.242 e. The number of fused-ring (bicyclic) bond motifs is 1. The number of aromatic nitrogens is 4. The molecular weight excluding hydrogens is 376 g/mol. The number of hydrogen-bond donors (Lipinski definition) is 2. The summed E-state index contributed by atoms with van der Waals surface area (Å²) in [5.74, 6) is 1.28. The van der Waals surface area contributed by atoms with E-state index in [2.05, 4.69) is 25.2 Å². The van der Waals surface area contributed by atoms with Gasteiger partial charge in [-0.25, -0.2) is 13.1 Å². The Balaban J connectivity index is 1.37. The van der Waals surface area contributed by atoms with Crippen molar-refractivity contribution >= 4 is 26.7 Å². The monoisotopic (exact) mass is 394 g/mol. The van der Waals surface area contributed by atoms with Gasteiger partial charge in [0.15, 0.2) is 5.82 Å². The Morgan fingerprint density at radius 3 is 2.50 bits per heavy atom. The topological polar surface area (TPSA) is 102 Å². The highest BCUT2D eigenvalue weighted by atomic mass is 32.2.